The van der Waals surface area contributed by atoms with Gasteiger partial charge in [0.1, 0.15) is 0 Å². The summed E-state index contributed by atoms with van der Waals surface area (Å²) in [6.07, 6.45) is 0. The van der Waals surface area contributed by atoms with Gasteiger partial charge in [0, 0.05) is 5.60 Å². The highest BCUT2D eigenvalue weighted by Crippen LogP contribution is 2.15. The van der Waals surface area contributed by atoms with Crippen molar-refractivity contribution in [2.75, 3.05) is 6.61 Å². The molecule has 4 heteroatoms. The second kappa shape index (κ2) is 6.93. The van der Waals surface area contributed by atoms with Gasteiger partial charge in [-0.15, -0.1) is 0 Å². The average Bonchev–Trinajstić information content (AvgIpc) is 2.33. The van der Waals surface area contributed by atoms with Crippen LogP contribution in [0.2, 0.25) is 26.2 Å². The molecule has 1 rings (SSSR count). The van der Waals surface area contributed by atoms with Crippen LogP contribution < -0.4 is 5.19 Å². The summed E-state index contributed by atoms with van der Waals surface area (Å²) in [5, 5.41) is 1.30. The van der Waals surface area contributed by atoms with Gasteiger partial charge >= 0.3 is 0 Å². The molecule has 0 aliphatic heterocycles. The Morgan fingerprint density at radius 2 is 1.57 bits per heavy atom. The van der Waals surface area contributed by atoms with Gasteiger partial charge in [0.05, 0.1) is 6.61 Å². The minimum Gasteiger partial charge on any atom is -0.402 e. The van der Waals surface area contributed by atoms with E-state index in [1.54, 1.807) is 0 Å². The van der Waals surface area contributed by atoms with Gasteiger partial charge in [-0.05, 0) is 52.1 Å². The summed E-state index contributed by atoms with van der Waals surface area (Å²) in [5.41, 5.74) is 3.17. The molecular weight excluding hydrogens is 292 g/mol. The molecule has 0 bridgehead atoms. The molecule has 0 aromatic heterocycles. The van der Waals surface area contributed by atoms with Crippen molar-refractivity contribution in [2.24, 2.45) is 0 Å². The number of hydrogen-bond acceptors (Lipinski definition) is 2. The molecule has 1 aromatic rings. The van der Waals surface area contributed by atoms with Gasteiger partial charge in [0.15, 0.2) is 0 Å². The van der Waals surface area contributed by atoms with Crippen molar-refractivity contribution in [1.82, 2.24) is 0 Å². The Hall–Kier alpha value is -0.866. The van der Waals surface area contributed by atoms with Crippen molar-refractivity contribution < 1.29 is 8.85 Å². The molecule has 0 radical (unpaired) electrons. The van der Waals surface area contributed by atoms with E-state index in [9.17, 15) is 0 Å². The Morgan fingerprint density at radius 3 is 2.10 bits per heavy atom. The molecule has 116 valence electrons. The van der Waals surface area contributed by atoms with Crippen molar-refractivity contribution in [1.29, 1.82) is 0 Å². The quantitative estimate of drug-likeness (QED) is 0.622. The molecule has 0 saturated carbocycles. The van der Waals surface area contributed by atoms with Gasteiger partial charge in [-0.3, -0.25) is 0 Å². The Morgan fingerprint density at radius 1 is 1.00 bits per heavy atom. The zero-order valence-corrected chi connectivity index (χ0v) is 16.4. The third-order valence-electron chi connectivity index (χ3n) is 2.92. The van der Waals surface area contributed by atoms with Crippen LogP contribution in [-0.4, -0.2) is 28.8 Å². The standard InChI is InChI=1S/C17H28O2Si2/c1-17(2,3)19-20(4,5)15-11-14-18-21(6,7)16-12-9-8-10-13-16/h8-10,12-13H,14H2,1-7H3. The van der Waals surface area contributed by atoms with Gasteiger partial charge in [-0.1, -0.05) is 41.8 Å². The van der Waals surface area contributed by atoms with E-state index in [0.717, 1.165) is 0 Å². The molecule has 1 aromatic carbocycles. The molecule has 0 saturated heterocycles. The SMILES string of the molecule is CC(C)(C)O[Si](C)(C)C#CCO[Si](C)(C)c1ccccc1. The predicted molar refractivity (Wildman–Crippen MR) is 95.6 cm³/mol. The zero-order chi connectivity index (χ0) is 16.1. The lowest BCUT2D eigenvalue weighted by Crippen LogP contribution is -2.44. The summed E-state index contributed by atoms with van der Waals surface area (Å²) in [5.74, 6) is 3.17. The highest BCUT2D eigenvalue weighted by molar-refractivity contribution is 6.84. The number of rotatable bonds is 4. The van der Waals surface area contributed by atoms with E-state index in [4.69, 9.17) is 8.85 Å². The molecule has 0 aliphatic rings. The van der Waals surface area contributed by atoms with Crippen LogP contribution in [-0.2, 0) is 8.85 Å². The summed E-state index contributed by atoms with van der Waals surface area (Å²) < 4.78 is 12.1. The van der Waals surface area contributed by atoms with Crippen LogP contribution in [0.1, 0.15) is 20.8 Å². The molecular formula is C17H28O2Si2. The Bertz CT molecular complexity index is 505. The highest BCUT2D eigenvalue weighted by atomic mass is 28.4. The summed E-state index contributed by atoms with van der Waals surface area (Å²) in [4.78, 5) is 0. The second-order valence-corrected chi connectivity index (χ2v) is 14.6. The van der Waals surface area contributed by atoms with E-state index >= 15 is 0 Å². The monoisotopic (exact) mass is 320 g/mol. The zero-order valence-electron chi connectivity index (χ0n) is 14.4. The van der Waals surface area contributed by atoms with Crippen molar-refractivity contribution in [3.8, 4) is 11.5 Å². The Balaban J connectivity index is 2.60. The first kappa shape index (κ1) is 18.2. The molecule has 0 amide bonds. The van der Waals surface area contributed by atoms with E-state index in [1.807, 2.05) is 6.07 Å². The number of benzene rings is 1. The lowest BCUT2D eigenvalue weighted by Gasteiger charge is -2.28. The summed E-state index contributed by atoms with van der Waals surface area (Å²) in [7, 11) is -3.79. The fraction of sp³-hybridized carbons (Fsp3) is 0.529. The molecule has 0 atom stereocenters. The maximum Gasteiger partial charge on any atom is 0.266 e. The third kappa shape index (κ3) is 7.10. The minimum atomic E-state index is -1.94. The minimum absolute atomic E-state index is 0.136. The molecule has 2 nitrogen and oxygen atoms in total. The van der Waals surface area contributed by atoms with E-state index in [1.165, 1.54) is 5.19 Å². The van der Waals surface area contributed by atoms with E-state index < -0.39 is 16.6 Å². The van der Waals surface area contributed by atoms with Crippen LogP contribution in [0, 0.1) is 11.5 Å². The first-order valence-electron chi connectivity index (χ1n) is 7.42. The smallest absolute Gasteiger partial charge is 0.266 e. The average molecular weight is 321 g/mol. The van der Waals surface area contributed by atoms with Gasteiger partial charge < -0.3 is 8.85 Å². The number of hydrogen-bond donors (Lipinski definition) is 0. The van der Waals surface area contributed by atoms with Crippen molar-refractivity contribution >= 4 is 21.8 Å². The Labute approximate surface area is 132 Å². The van der Waals surface area contributed by atoms with Gasteiger partial charge in [0.2, 0.25) is 8.32 Å². The predicted octanol–water partition coefficient (Wildman–Crippen LogP) is 3.68. The fourth-order valence-corrected chi connectivity index (χ4v) is 5.85. The van der Waals surface area contributed by atoms with E-state index in [-0.39, 0.29) is 5.60 Å². The first-order chi connectivity index (χ1) is 9.52. The molecule has 0 heterocycles. The molecule has 21 heavy (non-hydrogen) atoms. The summed E-state index contributed by atoms with van der Waals surface area (Å²) >= 11 is 0. The molecule has 0 N–H and O–H groups in total. The largest absolute Gasteiger partial charge is 0.402 e. The lowest BCUT2D eigenvalue weighted by atomic mass is 10.2. The molecule has 0 aliphatic carbocycles. The van der Waals surface area contributed by atoms with Crippen molar-refractivity contribution in [3.63, 3.8) is 0 Å². The van der Waals surface area contributed by atoms with E-state index in [2.05, 4.69) is 82.7 Å². The van der Waals surface area contributed by atoms with Gasteiger partial charge in [0.25, 0.3) is 8.32 Å². The molecule has 0 spiro atoms. The fourth-order valence-electron chi connectivity index (χ4n) is 2.18. The molecule has 0 unspecified atom stereocenters. The summed E-state index contributed by atoms with van der Waals surface area (Å²) in [6.45, 7) is 15.4. The third-order valence-corrected chi connectivity index (χ3v) is 7.42. The lowest BCUT2D eigenvalue weighted by molar-refractivity contribution is 0.125. The van der Waals surface area contributed by atoms with Crippen molar-refractivity contribution in [3.05, 3.63) is 30.3 Å². The maximum atomic E-state index is 6.07. The van der Waals surface area contributed by atoms with E-state index in [0.29, 0.717) is 6.61 Å². The first-order valence-corrected chi connectivity index (χ1v) is 13.2. The molecule has 0 fully saturated rings. The van der Waals surface area contributed by atoms with Gasteiger partial charge in [-0.25, -0.2) is 0 Å². The second-order valence-electron chi connectivity index (χ2n) is 7.19. The topological polar surface area (TPSA) is 18.5 Å². The van der Waals surface area contributed by atoms with Crippen LogP contribution in [0.15, 0.2) is 30.3 Å². The normalized spacial score (nSPS) is 12.7. The van der Waals surface area contributed by atoms with Crippen LogP contribution >= 0.6 is 0 Å². The highest BCUT2D eigenvalue weighted by Gasteiger charge is 2.27. The van der Waals surface area contributed by atoms with Crippen LogP contribution in [0.3, 0.4) is 0 Å². The Kier molecular flexibility index (Phi) is 6.00. The van der Waals surface area contributed by atoms with Crippen LogP contribution in [0.5, 0.6) is 0 Å². The maximum absolute atomic E-state index is 6.07. The van der Waals surface area contributed by atoms with Crippen LogP contribution in [0.25, 0.3) is 0 Å². The van der Waals surface area contributed by atoms with Gasteiger partial charge in [-0.2, -0.15) is 0 Å². The van der Waals surface area contributed by atoms with Crippen molar-refractivity contribution in [2.45, 2.75) is 52.6 Å². The summed E-state index contributed by atoms with van der Waals surface area (Å²) in [6, 6.07) is 10.4. The van der Waals surface area contributed by atoms with Crippen LogP contribution in [0.4, 0.5) is 0 Å².